The Morgan fingerprint density at radius 3 is 2.87 bits per heavy atom. The van der Waals surface area contributed by atoms with E-state index in [0.29, 0.717) is 19.6 Å². The fourth-order valence-electron chi connectivity index (χ4n) is 1.31. The highest BCUT2D eigenvalue weighted by molar-refractivity contribution is 5.69. The van der Waals surface area contributed by atoms with Crippen molar-refractivity contribution in [3.05, 3.63) is 30.1 Å². The summed E-state index contributed by atoms with van der Waals surface area (Å²) in [5, 5.41) is 8.69. The van der Waals surface area contributed by atoms with E-state index < -0.39 is 5.97 Å². The molecule has 0 saturated carbocycles. The van der Waals surface area contributed by atoms with Crippen molar-refractivity contribution in [1.29, 1.82) is 0 Å². The summed E-state index contributed by atoms with van der Waals surface area (Å²) < 4.78 is 0. The smallest absolute Gasteiger partial charge is 0.317 e. The van der Waals surface area contributed by atoms with Crippen LogP contribution in [0.3, 0.4) is 0 Å². The third-order valence-corrected chi connectivity index (χ3v) is 1.92. The summed E-state index contributed by atoms with van der Waals surface area (Å²) in [4.78, 5) is 16.5. The second kappa shape index (κ2) is 6.10. The molecule has 5 nitrogen and oxygen atoms in total. The molecule has 0 aromatic carbocycles. The number of nitrogens with two attached hydrogens (primary N) is 1. The van der Waals surface area contributed by atoms with E-state index in [1.54, 1.807) is 11.1 Å². The van der Waals surface area contributed by atoms with Crippen LogP contribution < -0.4 is 5.73 Å². The Balaban J connectivity index is 2.54. The van der Waals surface area contributed by atoms with E-state index in [4.69, 9.17) is 10.8 Å². The number of carbonyl (C=O) groups is 1. The molecule has 5 heteroatoms. The molecule has 0 spiro atoms. The molecule has 1 aromatic rings. The minimum atomic E-state index is -0.848. The average molecular weight is 209 g/mol. The van der Waals surface area contributed by atoms with Crippen LogP contribution in [0.5, 0.6) is 0 Å². The summed E-state index contributed by atoms with van der Waals surface area (Å²) in [6.45, 7) is 1.51. The van der Waals surface area contributed by atoms with Gasteiger partial charge in [0, 0.05) is 25.8 Å². The second-order valence-corrected chi connectivity index (χ2v) is 3.21. The highest BCUT2D eigenvalue weighted by Crippen LogP contribution is 1.99. The molecular weight excluding hydrogens is 194 g/mol. The van der Waals surface area contributed by atoms with E-state index in [-0.39, 0.29) is 6.54 Å². The molecule has 3 N–H and O–H groups in total. The topological polar surface area (TPSA) is 79.5 Å². The number of nitrogens with zero attached hydrogens (tertiary/aromatic N) is 2. The van der Waals surface area contributed by atoms with Gasteiger partial charge in [-0.2, -0.15) is 0 Å². The van der Waals surface area contributed by atoms with Crippen molar-refractivity contribution < 1.29 is 9.90 Å². The molecule has 1 aromatic heterocycles. The van der Waals surface area contributed by atoms with Gasteiger partial charge in [-0.3, -0.25) is 14.7 Å². The van der Waals surface area contributed by atoms with Gasteiger partial charge in [-0.25, -0.2) is 0 Å². The molecule has 0 bridgehead atoms. The Morgan fingerprint density at radius 2 is 2.33 bits per heavy atom. The lowest BCUT2D eigenvalue weighted by Gasteiger charge is -2.18. The maximum atomic E-state index is 10.6. The molecule has 0 atom stereocenters. The molecule has 0 aliphatic carbocycles. The molecule has 0 saturated heterocycles. The van der Waals surface area contributed by atoms with Crippen LogP contribution in [0, 0.1) is 0 Å². The summed E-state index contributed by atoms with van der Waals surface area (Å²) >= 11 is 0. The minimum absolute atomic E-state index is 0.00618. The van der Waals surface area contributed by atoms with Crippen molar-refractivity contribution in [2.24, 2.45) is 5.73 Å². The van der Waals surface area contributed by atoms with Crippen LogP contribution in [0.1, 0.15) is 5.69 Å². The van der Waals surface area contributed by atoms with Gasteiger partial charge in [0.15, 0.2) is 0 Å². The zero-order chi connectivity index (χ0) is 11.1. The zero-order valence-electron chi connectivity index (χ0n) is 8.47. The zero-order valence-corrected chi connectivity index (χ0v) is 8.47. The fourth-order valence-corrected chi connectivity index (χ4v) is 1.31. The minimum Gasteiger partial charge on any atom is -0.480 e. The lowest BCUT2D eigenvalue weighted by Crippen LogP contribution is -2.33. The summed E-state index contributed by atoms with van der Waals surface area (Å²) in [7, 11) is 0. The summed E-state index contributed by atoms with van der Waals surface area (Å²) in [5.74, 6) is -0.848. The van der Waals surface area contributed by atoms with Gasteiger partial charge in [-0.15, -0.1) is 0 Å². The van der Waals surface area contributed by atoms with Crippen molar-refractivity contribution in [3.8, 4) is 0 Å². The molecule has 1 heterocycles. The maximum absolute atomic E-state index is 10.6. The molecule has 0 amide bonds. The van der Waals surface area contributed by atoms with E-state index in [1.807, 2.05) is 18.2 Å². The third kappa shape index (κ3) is 4.53. The molecular formula is C10H15N3O2. The van der Waals surface area contributed by atoms with Gasteiger partial charge in [0.05, 0.1) is 12.2 Å². The van der Waals surface area contributed by atoms with Crippen molar-refractivity contribution >= 4 is 5.97 Å². The molecule has 0 aliphatic rings. The fraction of sp³-hybridized carbons (Fsp3) is 0.400. The highest BCUT2D eigenvalue weighted by atomic mass is 16.4. The number of hydrogen-bond acceptors (Lipinski definition) is 4. The van der Waals surface area contributed by atoms with E-state index in [9.17, 15) is 4.79 Å². The largest absolute Gasteiger partial charge is 0.480 e. The quantitative estimate of drug-likeness (QED) is 0.685. The molecule has 1 rings (SSSR count). The van der Waals surface area contributed by atoms with Crippen LogP contribution >= 0.6 is 0 Å². The van der Waals surface area contributed by atoms with Crippen LogP contribution in [0.2, 0.25) is 0 Å². The Morgan fingerprint density at radius 1 is 1.53 bits per heavy atom. The normalized spacial score (nSPS) is 10.5. The highest BCUT2D eigenvalue weighted by Gasteiger charge is 2.09. The van der Waals surface area contributed by atoms with Crippen LogP contribution in [-0.4, -0.2) is 40.6 Å². The number of carboxylic acids is 1. The number of pyridine rings is 1. The Labute approximate surface area is 88.5 Å². The van der Waals surface area contributed by atoms with Gasteiger partial charge in [0.25, 0.3) is 0 Å². The molecule has 0 fully saturated rings. The van der Waals surface area contributed by atoms with Gasteiger partial charge in [0.1, 0.15) is 0 Å². The van der Waals surface area contributed by atoms with Gasteiger partial charge < -0.3 is 10.8 Å². The molecule has 0 unspecified atom stereocenters. The number of aromatic nitrogens is 1. The molecule has 15 heavy (non-hydrogen) atoms. The Bertz CT molecular complexity index is 303. The first kappa shape index (κ1) is 11.6. The van der Waals surface area contributed by atoms with Gasteiger partial charge >= 0.3 is 5.97 Å². The number of carboxylic acid groups (broad SMARTS) is 1. The number of aliphatic carboxylic acids is 1. The predicted molar refractivity (Wildman–Crippen MR) is 56.2 cm³/mol. The molecule has 82 valence electrons. The second-order valence-electron chi connectivity index (χ2n) is 3.21. The van der Waals surface area contributed by atoms with Crippen LogP contribution in [-0.2, 0) is 11.3 Å². The van der Waals surface area contributed by atoms with E-state index in [1.165, 1.54) is 0 Å². The van der Waals surface area contributed by atoms with Crippen molar-refractivity contribution in [2.45, 2.75) is 6.54 Å². The van der Waals surface area contributed by atoms with E-state index in [2.05, 4.69) is 4.98 Å². The monoisotopic (exact) mass is 209 g/mol. The first-order chi connectivity index (χ1) is 7.22. The van der Waals surface area contributed by atoms with E-state index >= 15 is 0 Å². The summed E-state index contributed by atoms with van der Waals surface area (Å²) in [5.41, 5.74) is 6.26. The third-order valence-electron chi connectivity index (χ3n) is 1.92. The van der Waals surface area contributed by atoms with Crippen molar-refractivity contribution in [1.82, 2.24) is 9.88 Å². The van der Waals surface area contributed by atoms with Crippen LogP contribution in [0.15, 0.2) is 24.4 Å². The predicted octanol–water partition coefficient (Wildman–Crippen LogP) is -0.0731. The maximum Gasteiger partial charge on any atom is 0.317 e. The average Bonchev–Trinajstić information content (AvgIpc) is 2.18. The number of hydrogen-bond donors (Lipinski definition) is 2. The Kier molecular flexibility index (Phi) is 4.73. The first-order valence-corrected chi connectivity index (χ1v) is 4.76. The van der Waals surface area contributed by atoms with Gasteiger partial charge in [0.2, 0.25) is 0 Å². The summed E-state index contributed by atoms with van der Waals surface area (Å²) in [6.07, 6.45) is 1.69. The van der Waals surface area contributed by atoms with Crippen molar-refractivity contribution in [2.75, 3.05) is 19.6 Å². The van der Waals surface area contributed by atoms with Gasteiger partial charge in [-0.1, -0.05) is 6.07 Å². The van der Waals surface area contributed by atoms with E-state index in [0.717, 1.165) is 5.69 Å². The van der Waals surface area contributed by atoms with Crippen LogP contribution in [0.4, 0.5) is 0 Å². The first-order valence-electron chi connectivity index (χ1n) is 4.76. The number of rotatable bonds is 6. The lowest BCUT2D eigenvalue weighted by molar-refractivity contribution is -0.138. The van der Waals surface area contributed by atoms with Crippen LogP contribution in [0.25, 0.3) is 0 Å². The summed E-state index contributed by atoms with van der Waals surface area (Å²) in [6, 6.07) is 5.57. The molecule has 0 radical (unpaired) electrons. The standard InChI is InChI=1S/C10H15N3O2/c11-4-6-13(8-10(14)15)7-9-3-1-2-5-12-9/h1-3,5H,4,6-8,11H2,(H,14,15). The Hall–Kier alpha value is -1.46. The lowest BCUT2D eigenvalue weighted by atomic mass is 10.3. The van der Waals surface area contributed by atoms with Gasteiger partial charge in [-0.05, 0) is 12.1 Å². The molecule has 0 aliphatic heterocycles. The SMILES string of the molecule is NCCN(CC(=O)O)Cc1ccccn1. The van der Waals surface area contributed by atoms with Crippen molar-refractivity contribution in [3.63, 3.8) is 0 Å².